The highest BCUT2D eigenvalue weighted by atomic mass is 35.5. The van der Waals surface area contributed by atoms with Crippen LogP contribution >= 0.6 is 48.3 Å². The van der Waals surface area contributed by atoms with Gasteiger partial charge < -0.3 is 9.15 Å². The average molecular weight is 417 g/mol. The fourth-order valence-corrected chi connectivity index (χ4v) is 3.78. The van der Waals surface area contributed by atoms with Gasteiger partial charge in [0, 0.05) is 18.1 Å². The second kappa shape index (κ2) is 11.3. The van der Waals surface area contributed by atoms with E-state index in [2.05, 4.69) is 9.97 Å². The Kier molecular flexibility index (Phi) is 9.82. The van der Waals surface area contributed by atoms with Crippen LogP contribution in [0.5, 0.6) is 5.75 Å². The lowest BCUT2D eigenvalue weighted by atomic mass is 10.3. The largest absolute Gasteiger partial charge is 0.494 e. The molecule has 134 valence electrons. The van der Waals surface area contributed by atoms with Crippen LogP contribution in [0.2, 0.25) is 0 Å². The standard InChI is InChI=1S/C17H16N2O2S2.2ClH/c1-20-17-14(12-23-16-6-2-3-8-19-16)18-9-7-15(17)22-11-13-5-4-10-21-13;;/h2-10H,11-12H2,1H3;2*1H. The van der Waals surface area contributed by atoms with Gasteiger partial charge in [-0.1, -0.05) is 17.8 Å². The van der Waals surface area contributed by atoms with Crippen molar-refractivity contribution in [3.05, 3.63) is 66.5 Å². The van der Waals surface area contributed by atoms with Gasteiger partial charge in [0.25, 0.3) is 0 Å². The fraction of sp³-hybridized carbons (Fsp3) is 0.176. The summed E-state index contributed by atoms with van der Waals surface area (Å²) in [5.41, 5.74) is 0.924. The Bertz CT molecular complexity index is 744. The zero-order valence-electron chi connectivity index (χ0n) is 13.5. The van der Waals surface area contributed by atoms with Gasteiger partial charge in [-0.05, 0) is 30.3 Å². The Morgan fingerprint density at radius 1 is 0.960 bits per heavy atom. The van der Waals surface area contributed by atoms with Crippen LogP contribution in [0, 0.1) is 0 Å². The Labute approximate surface area is 168 Å². The number of furan rings is 1. The Balaban J connectivity index is 0.00000156. The first-order chi connectivity index (χ1) is 11.4. The zero-order valence-corrected chi connectivity index (χ0v) is 16.7. The number of thioether (sulfide) groups is 2. The van der Waals surface area contributed by atoms with E-state index in [1.807, 2.05) is 42.6 Å². The molecule has 0 saturated carbocycles. The van der Waals surface area contributed by atoms with E-state index >= 15 is 0 Å². The molecule has 0 N–H and O–H groups in total. The number of pyridine rings is 2. The lowest BCUT2D eigenvalue weighted by Gasteiger charge is -2.11. The van der Waals surface area contributed by atoms with Gasteiger partial charge in [-0.2, -0.15) is 0 Å². The van der Waals surface area contributed by atoms with Crippen LogP contribution in [0.25, 0.3) is 0 Å². The highest BCUT2D eigenvalue weighted by Gasteiger charge is 2.12. The molecule has 3 aromatic heterocycles. The number of methoxy groups -OCH3 is 1. The normalized spacial score (nSPS) is 9.80. The molecule has 0 aliphatic carbocycles. The van der Waals surface area contributed by atoms with E-state index in [4.69, 9.17) is 9.15 Å². The second-order valence-electron chi connectivity index (χ2n) is 4.61. The molecule has 0 spiro atoms. The molecular weight excluding hydrogens is 399 g/mol. The lowest BCUT2D eigenvalue weighted by molar-refractivity contribution is 0.398. The molecule has 0 unspecified atom stereocenters. The second-order valence-corrected chi connectivity index (χ2v) is 6.63. The van der Waals surface area contributed by atoms with Crippen molar-refractivity contribution >= 4 is 48.3 Å². The van der Waals surface area contributed by atoms with Crippen molar-refractivity contribution in [1.82, 2.24) is 9.97 Å². The van der Waals surface area contributed by atoms with Gasteiger partial charge in [-0.25, -0.2) is 4.98 Å². The van der Waals surface area contributed by atoms with Gasteiger partial charge in [-0.3, -0.25) is 4.98 Å². The van der Waals surface area contributed by atoms with Crippen molar-refractivity contribution in [1.29, 1.82) is 0 Å². The molecule has 3 heterocycles. The summed E-state index contributed by atoms with van der Waals surface area (Å²) in [7, 11) is 1.68. The first kappa shape index (κ1) is 21.7. The van der Waals surface area contributed by atoms with Gasteiger partial charge in [0.05, 0.1) is 34.7 Å². The zero-order chi connectivity index (χ0) is 15.9. The van der Waals surface area contributed by atoms with Gasteiger partial charge in [0.2, 0.25) is 0 Å². The van der Waals surface area contributed by atoms with Gasteiger partial charge in [0.15, 0.2) is 5.75 Å². The third kappa shape index (κ3) is 6.15. The molecule has 0 bridgehead atoms. The minimum absolute atomic E-state index is 0. The van der Waals surface area contributed by atoms with Crippen molar-refractivity contribution in [3.8, 4) is 5.75 Å². The van der Waals surface area contributed by atoms with E-state index in [9.17, 15) is 0 Å². The summed E-state index contributed by atoms with van der Waals surface area (Å²) < 4.78 is 11.0. The maximum atomic E-state index is 5.59. The highest BCUT2D eigenvalue weighted by Crippen LogP contribution is 2.35. The molecule has 3 aromatic rings. The molecule has 0 atom stereocenters. The van der Waals surface area contributed by atoms with Crippen LogP contribution < -0.4 is 4.74 Å². The molecule has 4 nitrogen and oxygen atoms in total. The molecule has 3 rings (SSSR count). The molecule has 0 aromatic carbocycles. The van der Waals surface area contributed by atoms with E-state index in [-0.39, 0.29) is 24.8 Å². The predicted molar refractivity (Wildman–Crippen MR) is 107 cm³/mol. The predicted octanol–water partition coefficient (Wildman–Crippen LogP) is 5.51. The molecule has 0 amide bonds. The first-order valence-electron chi connectivity index (χ1n) is 7.07. The van der Waals surface area contributed by atoms with E-state index in [0.717, 1.165) is 38.6 Å². The van der Waals surface area contributed by atoms with Crippen molar-refractivity contribution in [2.24, 2.45) is 0 Å². The minimum atomic E-state index is 0. The fourth-order valence-electron chi connectivity index (χ4n) is 2.02. The van der Waals surface area contributed by atoms with E-state index < -0.39 is 0 Å². The van der Waals surface area contributed by atoms with Crippen LogP contribution in [0.4, 0.5) is 0 Å². The van der Waals surface area contributed by atoms with E-state index in [0.29, 0.717) is 0 Å². The number of ether oxygens (including phenoxy) is 1. The summed E-state index contributed by atoms with van der Waals surface area (Å²) >= 11 is 3.33. The van der Waals surface area contributed by atoms with Gasteiger partial charge in [-0.15, -0.1) is 36.6 Å². The molecule has 8 heteroatoms. The van der Waals surface area contributed by atoms with E-state index in [1.54, 1.807) is 43.1 Å². The summed E-state index contributed by atoms with van der Waals surface area (Å²) in [6, 6.07) is 11.7. The smallest absolute Gasteiger partial charge is 0.154 e. The van der Waals surface area contributed by atoms with Crippen LogP contribution in [0.3, 0.4) is 0 Å². The number of halogens is 2. The van der Waals surface area contributed by atoms with Crippen molar-refractivity contribution in [2.75, 3.05) is 7.11 Å². The molecule has 0 radical (unpaired) electrons. The molecule has 25 heavy (non-hydrogen) atoms. The van der Waals surface area contributed by atoms with Crippen LogP contribution in [-0.2, 0) is 11.5 Å². The maximum absolute atomic E-state index is 5.59. The summed E-state index contributed by atoms with van der Waals surface area (Å²) in [5, 5.41) is 0.977. The topological polar surface area (TPSA) is 48.2 Å². The lowest BCUT2D eigenvalue weighted by Crippen LogP contribution is -1.96. The minimum Gasteiger partial charge on any atom is -0.494 e. The van der Waals surface area contributed by atoms with Gasteiger partial charge >= 0.3 is 0 Å². The number of hydrogen-bond donors (Lipinski definition) is 0. The van der Waals surface area contributed by atoms with Crippen molar-refractivity contribution in [3.63, 3.8) is 0 Å². The summed E-state index contributed by atoms with van der Waals surface area (Å²) in [4.78, 5) is 9.84. The van der Waals surface area contributed by atoms with Crippen molar-refractivity contribution < 1.29 is 9.15 Å². The number of nitrogens with zero attached hydrogens (tertiary/aromatic N) is 2. The number of hydrogen-bond acceptors (Lipinski definition) is 6. The summed E-state index contributed by atoms with van der Waals surface area (Å²) in [5.74, 6) is 3.25. The molecule has 0 fully saturated rings. The van der Waals surface area contributed by atoms with Crippen LogP contribution in [0.15, 0.2) is 69.4 Å². The van der Waals surface area contributed by atoms with Gasteiger partial charge in [0.1, 0.15) is 5.76 Å². The molecule has 0 aliphatic heterocycles. The average Bonchev–Trinajstić information content (AvgIpc) is 3.12. The number of aromatic nitrogens is 2. The highest BCUT2D eigenvalue weighted by molar-refractivity contribution is 7.99. The molecule has 0 saturated heterocycles. The Hall–Kier alpha value is -1.34. The number of rotatable bonds is 7. The van der Waals surface area contributed by atoms with Crippen LogP contribution in [0.1, 0.15) is 11.5 Å². The van der Waals surface area contributed by atoms with Crippen molar-refractivity contribution in [2.45, 2.75) is 21.4 Å². The third-order valence-corrected chi connectivity index (χ3v) is 5.11. The first-order valence-corrected chi connectivity index (χ1v) is 9.05. The third-order valence-electron chi connectivity index (χ3n) is 3.09. The monoisotopic (exact) mass is 416 g/mol. The Morgan fingerprint density at radius 3 is 2.52 bits per heavy atom. The summed E-state index contributed by atoms with van der Waals surface area (Å²) in [6.45, 7) is 0. The van der Waals surface area contributed by atoms with Crippen LogP contribution in [-0.4, -0.2) is 17.1 Å². The SMILES string of the molecule is COc1c(SCc2ccco2)ccnc1CSc1ccccn1.Cl.Cl. The molecular formula is C17H18Cl2N2O2S2. The Morgan fingerprint density at radius 2 is 1.84 bits per heavy atom. The maximum Gasteiger partial charge on any atom is 0.154 e. The van der Waals surface area contributed by atoms with E-state index in [1.165, 1.54) is 0 Å². The summed E-state index contributed by atoms with van der Waals surface area (Å²) in [6.07, 6.45) is 5.30. The quantitative estimate of drug-likeness (QED) is 0.473. The molecule has 0 aliphatic rings.